The van der Waals surface area contributed by atoms with Gasteiger partial charge in [0.1, 0.15) is 0 Å². The summed E-state index contributed by atoms with van der Waals surface area (Å²) < 4.78 is 7.35. The zero-order valence-corrected chi connectivity index (χ0v) is 14.6. The first kappa shape index (κ1) is 17.5. The van der Waals surface area contributed by atoms with E-state index in [-0.39, 0.29) is 11.4 Å². The summed E-state index contributed by atoms with van der Waals surface area (Å²) in [4.78, 5) is 14.5. The number of nitriles is 1. The Morgan fingerprint density at radius 2 is 2.17 bits per heavy atom. The molecule has 0 bridgehead atoms. The van der Waals surface area contributed by atoms with Gasteiger partial charge in [-0.1, -0.05) is 0 Å². The van der Waals surface area contributed by atoms with Crippen molar-refractivity contribution in [2.24, 2.45) is 0 Å². The molecule has 1 aliphatic heterocycles. The van der Waals surface area contributed by atoms with Crippen molar-refractivity contribution in [2.75, 3.05) is 19.8 Å². The van der Waals surface area contributed by atoms with Gasteiger partial charge in [-0.05, 0) is 39.7 Å². The largest absolute Gasteiger partial charge is 0.377 e. The molecule has 1 fully saturated rings. The van der Waals surface area contributed by atoms with Crippen LogP contribution in [0.2, 0.25) is 0 Å². The standard InChI is InChI=1S/C17H26N4O2/c1-13-15(14(2)21(19-13)9-5-8-18)6-7-16(22)20-10-11-23-12-17(20,3)4/h5-7,9-12H2,1-4H3. The summed E-state index contributed by atoms with van der Waals surface area (Å²) in [7, 11) is 0. The molecule has 6 heteroatoms. The van der Waals surface area contributed by atoms with E-state index in [4.69, 9.17) is 10.00 Å². The Labute approximate surface area is 138 Å². The van der Waals surface area contributed by atoms with Gasteiger partial charge in [-0.2, -0.15) is 10.4 Å². The average Bonchev–Trinajstić information content (AvgIpc) is 2.76. The highest BCUT2D eigenvalue weighted by Crippen LogP contribution is 2.22. The molecular formula is C17H26N4O2. The number of aryl methyl sites for hydroxylation is 2. The van der Waals surface area contributed by atoms with Crippen molar-refractivity contribution in [1.82, 2.24) is 14.7 Å². The summed E-state index contributed by atoms with van der Waals surface area (Å²) >= 11 is 0. The van der Waals surface area contributed by atoms with E-state index < -0.39 is 0 Å². The van der Waals surface area contributed by atoms with Gasteiger partial charge >= 0.3 is 0 Å². The topological polar surface area (TPSA) is 71.2 Å². The van der Waals surface area contributed by atoms with Crippen LogP contribution < -0.4 is 0 Å². The van der Waals surface area contributed by atoms with Crippen molar-refractivity contribution in [3.63, 3.8) is 0 Å². The number of amides is 1. The number of hydrogen-bond donors (Lipinski definition) is 0. The van der Waals surface area contributed by atoms with Crippen LogP contribution in [0.1, 0.15) is 43.6 Å². The normalized spacial score (nSPS) is 17.1. The smallest absolute Gasteiger partial charge is 0.223 e. The Balaban J connectivity index is 2.02. The van der Waals surface area contributed by atoms with E-state index in [1.54, 1.807) is 0 Å². The van der Waals surface area contributed by atoms with E-state index in [2.05, 4.69) is 11.2 Å². The molecule has 2 rings (SSSR count). The number of rotatable bonds is 5. The fourth-order valence-corrected chi connectivity index (χ4v) is 3.16. The van der Waals surface area contributed by atoms with E-state index in [1.807, 2.05) is 37.3 Å². The van der Waals surface area contributed by atoms with Gasteiger partial charge in [0.05, 0.1) is 43.5 Å². The first-order chi connectivity index (χ1) is 10.9. The minimum atomic E-state index is -0.240. The second kappa shape index (κ2) is 7.14. The fraction of sp³-hybridized carbons (Fsp3) is 0.706. The maximum absolute atomic E-state index is 12.6. The predicted octanol–water partition coefficient (Wildman–Crippen LogP) is 1.98. The third kappa shape index (κ3) is 3.91. The summed E-state index contributed by atoms with van der Waals surface area (Å²) in [6.07, 6.45) is 1.62. The Bertz CT molecular complexity index is 613. The third-order valence-electron chi connectivity index (χ3n) is 4.50. The van der Waals surface area contributed by atoms with Crippen LogP contribution in [-0.2, 0) is 22.5 Å². The van der Waals surface area contributed by atoms with Crippen molar-refractivity contribution in [2.45, 2.75) is 59.0 Å². The lowest BCUT2D eigenvalue weighted by atomic mass is 10.0. The maximum Gasteiger partial charge on any atom is 0.223 e. The molecule has 6 nitrogen and oxygen atoms in total. The third-order valence-corrected chi connectivity index (χ3v) is 4.50. The number of carbonyl (C=O) groups is 1. The Hall–Kier alpha value is -1.87. The van der Waals surface area contributed by atoms with Gasteiger partial charge in [0.25, 0.3) is 0 Å². The molecule has 1 saturated heterocycles. The van der Waals surface area contributed by atoms with Crippen molar-refractivity contribution < 1.29 is 9.53 Å². The quantitative estimate of drug-likeness (QED) is 0.832. The van der Waals surface area contributed by atoms with E-state index in [1.165, 1.54) is 0 Å². The molecule has 1 aromatic rings. The lowest BCUT2D eigenvalue weighted by molar-refractivity contribution is -0.146. The highest BCUT2D eigenvalue weighted by Gasteiger charge is 2.33. The molecule has 0 saturated carbocycles. The lowest BCUT2D eigenvalue weighted by Gasteiger charge is -2.42. The van der Waals surface area contributed by atoms with Crippen LogP contribution in [0, 0.1) is 25.2 Å². The van der Waals surface area contributed by atoms with Crippen LogP contribution >= 0.6 is 0 Å². The number of morpholine rings is 1. The van der Waals surface area contributed by atoms with E-state index in [0.29, 0.717) is 45.6 Å². The maximum atomic E-state index is 12.6. The van der Waals surface area contributed by atoms with Crippen LogP contribution in [0.15, 0.2) is 0 Å². The molecule has 0 spiro atoms. The second-order valence-electron chi connectivity index (χ2n) is 6.69. The molecule has 0 unspecified atom stereocenters. The minimum absolute atomic E-state index is 0.168. The fourth-order valence-electron chi connectivity index (χ4n) is 3.16. The molecule has 2 heterocycles. The monoisotopic (exact) mass is 318 g/mol. The van der Waals surface area contributed by atoms with Crippen LogP contribution in [0.5, 0.6) is 0 Å². The number of aromatic nitrogens is 2. The van der Waals surface area contributed by atoms with Gasteiger partial charge in [-0.25, -0.2) is 0 Å². The number of ether oxygens (including phenoxy) is 1. The second-order valence-corrected chi connectivity index (χ2v) is 6.69. The molecule has 0 aromatic carbocycles. The summed E-state index contributed by atoms with van der Waals surface area (Å²) in [5.74, 6) is 0.168. The van der Waals surface area contributed by atoms with Crippen molar-refractivity contribution in [1.29, 1.82) is 5.26 Å². The first-order valence-electron chi connectivity index (χ1n) is 8.15. The molecule has 0 radical (unpaired) electrons. The number of nitrogens with zero attached hydrogens (tertiary/aromatic N) is 4. The Morgan fingerprint density at radius 3 is 2.83 bits per heavy atom. The zero-order valence-electron chi connectivity index (χ0n) is 14.6. The SMILES string of the molecule is Cc1nn(CCC#N)c(C)c1CCC(=O)N1CCOCC1(C)C. The van der Waals surface area contributed by atoms with E-state index in [0.717, 1.165) is 17.0 Å². The van der Waals surface area contributed by atoms with E-state index in [9.17, 15) is 4.79 Å². The molecule has 0 aliphatic carbocycles. The van der Waals surface area contributed by atoms with Crippen molar-refractivity contribution in [3.8, 4) is 6.07 Å². The minimum Gasteiger partial charge on any atom is -0.377 e. The number of carbonyl (C=O) groups excluding carboxylic acids is 1. The zero-order chi connectivity index (χ0) is 17.0. The van der Waals surface area contributed by atoms with Gasteiger partial charge in [0, 0.05) is 18.7 Å². The highest BCUT2D eigenvalue weighted by atomic mass is 16.5. The van der Waals surface area contributed by atoms with Gasteiger partial charge in [0.2, 0.25) is 5.91 Å². The van der Waals surface area contributed by atoms with Crippen LogP contribution in [-0.4, -0.2) is 45.9 Å². The summed E-state index contributed by atoms with van der Waals surface area (Å²) in [5, 5.41) is 13.2. The summed E-state index contributed by atoms with van der Waals surface area (Å²) in [6, 6.07) is 2.14. The molecule has 0 atom stereocenters. The first-order valence-corrected chi connectivity index (χ1v) is 8.15. The molecule has 1 amide bonds. The van der Waals surface area contributed by atoms with Gasteiger partial charge in [-0.15, -0.1) is 0 Å². The summed E-state index contributed by atoms with van der Waals surface area (Å²) in [5.41, 5.74) is 2.90. The molecule has 0 N–H and O–H groups in total. The molecule has 126 valence electrons. The van der Waals surface area contributed by atoms with Gasteiger partial charge in [0.15, 0.2) is 0 Å². The lowest BCUT2D eigenvalue weighted by Crippen LogP contribution is -2.55. The molecule has 1 aromatic heterocycles. The van der Waals surface area contributed by atoms with Crippen LogP contribution in [0.3, 0.4) is 0 Å². The van der Waals surface area contributed by atoms with E-state index >= 15 is 0 Å². The van der Waals surface area contributed by atoms with Crippen LogP contribution in [0.4, 0.5) is 0 Å². The van der Waals surface area contributed by atoms with Crippen molar-refractivity contribution in [3.05, 3.63) is 17.0 Å². The predicted molar refractivity (Wildman–Crippen MR) is 86.9 cm³/mol. The molecular weight excluding hydrogens is 292 g/mol. The molecule has 1 aliphatic rings. The summed E-state index contributed by atoms with van der Waals surface area (Å²) in [6.45, 7) is 10.5. The van der Waals surface area contributed by atoms with Crippen LogP contribution in [0.25, 0.3) is 0 Å². The van der Waals surface area contributed by atoms with Gasteiger partial charge < -0.3 is 9.64 Å². The highest BCUT2D eigenvalue weighted by molar-refractivity contribution is 5.77. The van der Waals surface area contributed by atoms with Gasteiger partial charge in [-0.3, -0.25) is 9.48 Å². The van der Waals surface area contributed by atoms with Crippen molar-refractivity contribution >= 4 is 5.91 Å². The average molecular weight is 318 g/mol. The molecule has 23 heavy (non-hydrogen) atoms. The Morgan fingerprint density at radius 1 is 1.43 bits per heavy atom. The number of hydrogen-bond acceptors (Lipinski definition) is 4. The Kier molecular flexibility index (Phi) is 5.42.